The van der Waals surface area contributed by atoms with Crippen molar-refractivity contribution in [3.63, 3.8) is 0 Å². The Morgan fingerprint density at radius 2 is 1.90 bits per heavy atom. The van der Waals surface area contributed by atoms with E-state index >= 15 is 0 Å². The van der Waals surface area contributed by atoms with Gasteiger partial charge in [-0.2, -0.15) is 8.78 Å². The summed E-state index contributed by atoms with van der Waals surface area (Å²) in [7, 11) is 0. The highest BCUT2D eigenvalue weighted by molar-refractivity contribution is 6.30. The summed E-state index contributed by atoms with van der Waals surface area (Å²) in [6.07, 6.45) is 0. The number of hydrogen-bond acceptors (Lipinski definition) is 3. The van der Waals surface area contributed by atoms with Crippen LogP contribution in [0.2, 0.25) is 5.02 Å². The topological polar surface area (TPSA) is 47.3 Å². The summed E-state index contributed by atoms with van der Waals surface area (Å²) >= 11 is 5.70. The van der Waals surface area contributed by atoms with E-state index in [9.17, 15) is 13.2 Å². The van der Waals surface area contributed by atoms with Crippen molar-refractivity contribution in [1.82, 2.24) is 5.43 Å². The third-order valence-electron chi connectivity index (χ3n) is 2.86. The molecular weight excluding hydrogens is 305 g/mol. The number of ether oxygens (including phenoxy) is 1. The molecule has 2 rings (SSSR count). The zero-order chi connectivity index (χ0) is 15.4. The van der Waals surface area contributed by atoms with E-state index in [0.717, 1.165) is 6.07 Å². The second-order valence-corrected chi connectivity index (χ2v) is 4.65. The summed E-state index contributed by atoms with van der Waals surface area (Å²) in [5.41, 5.74) is 3.18. The molecule has 0 aliphatic heterocycles. The summed E-state index contributed by atoms with van der Waals surface area (Å²) in [4.78, 5) is 0. The fourth-order valence-electron chi connectivity index (χ4n) is 1.97. The summed E-state index contributed by atoms with van der Waals surface area (Å²) in [6.45, 7) is -2.93. The molecule has 0 radical (unpaired) electrons. The Hall–Kier alpha value is -1.76. The number of alkyl halides is 2. The lowest BCUT2D eigenvalue weighted by Gasteiger charge is -2.18. The van der Waals surface area contributed by atoms with Crippen molar-refractivity contribution in [1.29, 1.82) is 0 Å². The molecule has 1 unspecified atom stereocenters. The molecule has 0 fully saturated rings. The Labute approximate surface area is 124 Å². The Morgan fingerprint density at radius 1 is 1.14 bits per heavy atom. The van der Waals surface area contributed by atoms with E-state index in [0.29, 0.717) is 5.56 Å². The van der Waals surface area contributed by atoms with Crippen molar-refractivity contribution in [2.45, 2.75) is 12.7 Å². The molecule has 3 N–H and O–H groups in total. The summed E-state index contributed by atoms with van der Waals surface area (Å²) in [6, 6.07) is 9.31. The molecule has 0 aliphatic carbocycles. The molecule has 0 bridgehead atoms. The quantitative estimate of drug-likeness (QED) is 0.654. The van der Waals surface area contributed by atoms with Crippen LogP contribution in [0.3, 0.4) is 0 Å². The minimum absolute atomic E-state index is 0.0304. The zero-order valence-corrected chi connectivity index (χ0v) is 11.4. The molecule has 0 aromatic heterocycles. The van der Waals surface area contributed by atoms with Crippen molar-refractivity contribution in [3.05, 3.63) is 64.4 Å². The second-order valence-electron chi connectivity index (χ2n) is 4.22. The predicted molar refractivity (Wildman–Crippen MR) is 73.7 cm³/mol. The number of hydrazine groups is 1. The highest BCUT2D eigenvalue weighted by atomic mass is 35.5. The molecule has 0 saturated heterocycles. The van der Waals surface area contributed by atoms with Crippen LogP contribution in [-0.4, -0.2) is 6.61 Å². The van der Waals surface area contributed by atoms with Crippen LogP contribution in [0, 0.1) is 5.82 Å². The number of nitrogens with two attached hydrogens (primary N) is 1. The van der Waals surface area contributed by atoms with Gasteiger partial charge in [0.25, 0.3) is 0 Å². The van der Waals surface area contributed by atoms with Crippen molar-refractivity contribution < 1.29 is 17.9 Å². The number of hydrogen-bond donors (Lipinski definition) is 2. The van der Waals surface area contributed by atoms with E-state index in [1.165, 1.54) is 30.3 Å². The van der Waals surface area contributed by atoms with Crippen LogP contribution in [-0.2, 0) is 0 Å². The first-order valence-corrected chi connectivity index (χ1v) is 6.35. The Balaban J connectivity index is 2.37. The summed E-state index contributed by atoms with van der Waals surface area (Å²) in [5, 5.41) is 0.252. The highest BCUT2D eigenvalue weighted by Crippen LogP contribution is 2.28. The Bertz CT molecular complexity index is 625. The third kappa shape index (κ3) is 3.87. The van der Waals surface area contributed by atoms with Gasteiger partial charge in [0.2, 0.25) is 0 Å². The number of rotatable bonds is 5. The van der Waals surface area contributed by atoms with Crippen LogP contribution in [0.1, 0.15) is 17.2 Å². The smallest absolute Gasteiger partial charge is 0.387 e. The van der Waals surface area contributed by atoms with Gasteiger partial charge in [0.15, 0.2) is 0 Å². The molecule has 2 aromatic rings. The van der Waals surface area contributed by atoms with Gasteiger partial charge >= 0.3 is 6.61 Å². The highest BCUT2D eigenvalue weighted by Gasteiger charge is 2.18. The molecule has 112 valence electrons. The molecule has 3 nitrogen and oxygen atoms in total. The average Bonchev–Trinajstić information content (AvgIpc) is 2.41. The van der Waals surface area contributed by atoms with Crippen LogP contribution in [0.25, 0.3) is 0 Å². The lowest BCUT2D eigenvalue weighted by Crippen LogP contribution is -2.29. The molecule has 0 saturated carbocycles. The molecule has 0 aliphatic rings. The van der Waals surface area contributed by atoms with Crippen molar-refractivity contribution in [2.24, 2.45) is 5.84 Å². The van der Waals surface area contributed by atoms with Gasteiger partial charge in [-0.05, 0) is 29.8 Å². The summed E-state index contributed by atoms with van der Waals surface area (Å²) in [5.74, 6) is 4.88. The normalized spacial score (nSPS) is 12.5. The third-order valence-corrected chi connectivity index (χ3v) is 3.09. The predicted octanol–water partition coefficient (Wildman–Crippen LogP) is 3.63. The second kappa shape index (κ2) is 6.80. The molecule has 21 heavy (non-hydrogen) atoms. The maximum atomic E-state index is 14.0. The largest absolute Gasteiger partial charge is 0.435 e. The SMILES string of the molecule is NNC(c1cccc(OC(F)F)c1)c1ccc(Cl)cc1F. The van der Waals surface area contributed by atoms with Gasteiger partial charge < -0.3 is 4.74 Å². The molecule has 2 aromatic carbocycles. The minimum atomic E-state index is -2.93. The fraction of sp³-hybridized carbons (Fsp3) is 0.143. The standard InChI is InChI=1S/C14H12ClF3N2O/c15-9-4-5-11(12(16)7-9)13(20-19)8-2-1-3-10(6-8)21-14(17)18/h1-7,13-14,20H,19H2. The first kappa shape index (κ1) is 15.6. The molecule has 0 spiro atoms. The maximum absolute atomic E-state index is 14.0. The van der Waals surface area contributed by atoms with Crippen LogP contribution >= 0.6 is 11.6 Å². The molecule has 1 atom stereocenters. The van der Waals surface area contributed by atoms with Gasteiger partial charge in [-0.25, -0.2) is 9.82 Å². The molecule has 7 heteroatoms. The minimum Gasteiger partial charge on any atom is -0.435 e. The first-order valence-electron chi connectivity index (χ1n) is 5.97. The number of benzene rings is 2. The lowest BCUT2D eigenvalue weighted by atomic mass is 9.98. The number of nitrogens with one attached hydrogen (secondary N) is 1. The summed E-state index contributed by atoms with van der Waals surface area (Å²) < 4.78 is 42.7. The van der Waals surface area contributed by atoms with E-state index in [1.54, 1.807) is 6.07 Å². The zero-order valence-electron chi connectivity index (χ0n) is 10.7. The Morgan fingerprint density at radius 3 is 2.52 bits per heavy atom. The maximum Gasteiger partial charge on any atom is 0.387 e. The van der Waals surface area contributed by atoms with Crippen LogP contribution < -0.4 is 16.0 Å². The van der Waals surface area contributed by atoms with Crippen molar-refractivity contribution in [2.75, 3.05) is 0 Å². The Kier molecular flexibility index (Phi) is 5.06. The van der Waals surface area contributed by atoms with E-state index in [2.05, 4.69) is 10.2 Å². The lowest BCUT2D eigenvalue weighted by molar-refractivity contribution is -0.0498. The van der Waals surface area contributed by atoms with E-state index in [1.807, 2.05) is 0 Å². The van der Waals surface area contributed by atoms with E-state index in [4.69, 9.17) is 17.4 Å². The first-order chi connectivity index (χ1) is 10.0. The fourth-order valence-corrected chi connectivity index (χ4v) is 2.13. The molecular formula is C14H12ClF3N2O. The molecule has 0 amide bonds. The van der Waals surface area contributed by atoms with Gasteiger partial charge in [-0.15, -0.1) is 0 Å². The van der Waals surface area contributed by atoms with Crippen LogP contribution in [0.15, 0.2) is 42.5 Å². The average molecular weight is 317 g/mol. The monoisotopic (exact) mass is 316 g/mol. The number of halogens is 4. The van der Waals surface area contributed by atoms with Gasteiger partial charge in [-0.3, -0.25) is 5.84 Å². The van der Waals surface area contributed by atoms with Gasteiger partial charge in [0.1, 0.15) is 11.6 Å². The van der Waals surface area contributed by atoms with Gasteiger partial charge in [0, 0.05) is 10.6 Å². The van der Waals surface area contributed by atoms with Crippen LogP contribution in [0.5, 0.6) is 5.75 Å². The van der Waals surface area contributed by atoms with E-state index in [-0.39, 0.29) is 16.3 Å². The van der Waals surface area contributed by atoms with Gasteiger partial charge in [0.05, 0.1) is 6.04 Å². The van der Waals surface area contributed by atoms with Crippen molar-refractivity contribution in [3.8, 4) is 5.75 Å². The van der Waals surface area contributed by atoms with Gasteiger partial charge in [-0.1, -0.05) is 29.8 Å². The molecule has 0 heterocycles. The van der Waals surface area contributed by atoms with E-state index < -0.39 is 18.5 Å². The van der Waals surface area contributed by atoms with Crippen molar-refractivity contribution >= 4 is 11.6 Å². The van der Waals surface area contributed by atoms with Crippen LogP contribution in [0.4, 0.5) is 13.2 Å².